The van der Waals surface area contributed by atoms with Crippen LogP contribution in [0.5, 0.6) is 11.5 Å². The first-order valence-corrected chi connectivity index (χ1v) is 10.3. The van der Waals surface area contributed by atoms with Crippen LogP contribution in [0, 0.1) is 0 Å². The van der Waals surface area contributed by atoms with Gasteiger partial charge in [0.15, 0.2) is 0 Å². The first-order chi connectivity index (χ1) is 12.8. The van der Waals surface area contributed by atoms with E-state index in [0.717, 1.165) is 10.6 Å². The average molecular weight is 392 g/mol. The molecule has 0 unspecified atom stereocenters. The van der Waals surface area contributed by atoms with E-state index in [1.807, 2.05) is 6.92 Å². The Morgan fingerprint density at radius 1 is 1.15 bits per heavy atom. The van der Waals surface area contributed by atoms with Gasteiger partial charge in [0.05, 0.1) is 31.3 Å². The lowest BCUT2D eigenvalue weighted by Crippen LogP contribution is -2.45. The third kappa shape index (κ3) is 5.13. The standard InChI is InChI=1S/C19H24N2O5S/c1-5-26-16-12-10-15(11-13-16)21(27(4,23)24)14(2)19(22)20-17-8-6-7-9-18(17)25-3/h6-14H,5H2,1-4H3,(H,20,22)/t14-/m1/s1. The highest BCUT2D eigenvalue weighted by atomic mass is 32.2. The van der Waals surface area contributed by atoms with E-state index in [9.17, 15) is 13.2 Å². The molecule has 2 rings (SSSR count). The topological polar surface area (TPSA) is 84.9 Å². The first-order valence-electron chi connectivity index (χ1n) is 8.44. The summed E-state index contributed by atoms with van der Waals surface area (Å²) in [5.74, 6) is 0.643. The molecule has 0 saturated heterocycles. The molecule has 0 radical (unpaired) electrons. The van der Waals surface area contributed by atoms with Crippen LogP contribution in [0.15, 0.2) is 48.5 Å². The fourth-order valence-electron chi connectivity index (χ4n) is 2.65. The van der Waals surface area contributed by atoms with Crippen LogP contribution in [0.2, 0.25) is 0 Å². The van der Waals surface area contributed by atoms with Crippen molar-refractivity contribution in [3.05, 3.63) is 48.5 Å². The van der Waals surface area contributed by atoms with Crippen molar-refractivity contribution in [3.8, 4) is 11.5 Å². The van der Waals surface area contributed by atoms with Gasteiger partial charge < -0.3 is 14.8 Å². The van der Waals surface area contributed by atoms with E-state index < -0.39 is 22.0 Å². The molecule has 0 aliphatic carbocycles. The minimum atomic E-state index is -3.69. The van der Waals surface area contributed by atoms with Crippen LogP contribution >= 0.6 is 0 Å². The number of carbonyl (C=O) groups excluding carboxylic acids is 1. The maximum absolute atomic E-state index is 12.7. The molecule has 1 amide bonds. The van der Waals surface area contributed by atoms with E-state index in [-0.39, 0.29) is 0 Å². The summed E-state index contributed by atoms with van der Waals surface area (Å²) in [4.78, 5) is 12.7. The summed E-state index contributed by atoms with van der Waals surface area (Å²) in [6, 6.07) is 12.5. The number of ether oxygens (including phenoxy) is 2. The van der Waals surface area contributed by atoms with Crippen molar-refractivity contribution >= 4 is 27.3 Å². The quantitative estimate of drug-likeness (QED) is 0.747. The molecule has 0 aromatic heterocycles. The number of para-hydroxylation sites is 2. The number of nitrogens with one attached hydrogen (secondary N) is 1. The van der Waals surface area contributed by atoms with E-state index in [1.165, 1.54) is 14.0 Å². The fourth-order valence-corrected chi connectivity index (χ4v) is 3.82. The van der Waals surface area contributed by atoms with Crippen LogP contribution in [0.1, 0.15) is 13.8 Å². The lowest BCUT2D eigenvalue weighted by Gasteiger charge is -2.28. The molecule has 0 spiro atoms. The van der Waals surface area contributed by atoms with Crippen molar-refractivity contribution in [2.24, 2.45) is 0 Å². The van der Waals surface area contributed by atoms with Crippen molar-refractivity contribution in [3.63, 3.8) is 0 Å². The molecule has 1 N–H and O–H groups in total. The van der Waals surface area contributed by atoms with Gasteiger partial charge in [-0.2, -0.15) is 0 Å². The van der Waals surface area contributed by atoms with Gasteiger partial charge in [-0.1, -0.05) is 12.1 Å². The minimum Gasteiger partial charge on any atom is -0.495 e. The summed E-state index contributed by atoms with van der Waals surface area (Å²) < 4.78 is 36.4. The van der Waals surface area contributed by atoms with Crippen LogP contribution in [-0.4, -0.2) is 40.3 Å². The monoisotopic (exact) mass is 392 g/mol. The molecular weight excluding hydrogens is 368 g/mol. The first kappa shape index (κ1) is 20.6. The predicted molar refractivity (Wildman–Crippen MR) is 106 cm³/mol. The summed E-state index contributed by atoms with van der Waals surface area (Å²) in [5, 5.41) is 2.72. The third-order valence-electron chi connectivity index (χ3n) is 3.86. The van der Waals surface area contributed by atoms with Crippen molar-refractivity contribution in [1.82, 2.24) is 0 Å². The number of hydrogen-bond donors (Lipinski definition) is 1. The van der Waals surface area contributed by atoms with Crippen molar-refractivity contribution in [1.29, 1.82) is 0 Å². The number of amides is 1. The molecule has 0 bridgehead atoms. The van der Waals surface area contributed by atoms with Crippen molar-refractivity contribution in [2.45, 2.75) is 19.9 Å². The van der Waals surface area contributed by atoms with Crippen LogP contribution in [0.3, 0.4) is 0 Å². The minimum absolute atomic E-state index is 0.378. The van der Waals surface area contributed by atoms with Gasteiger partial charge in [-0.15, -0.1) is 0 Å². The molecule has 0 aliphatic rings. The van der Waals surface area contributed by atoms with Crippen molar-refractivity contribution in [2.75, 3.05) is 29.6 Å². The summed E-state index contributed by atoms with van der Waals surface area (Å²) in [6.45, 7) is 3.90. The Bertz CT molecular complexity index is 881. The highest BCUT2D eigenvalue weighted by Gasteiger charge is 2.29. The van der Waals surface area contributed by atoms with Gasteiger partial charge in [0, 0.05) is 0 Å². The molecule has 2 aromatic rings. The lowest BCUT2D eigenvalue weighted by atomic mass is 10.2. The molecule has 0 aliphatic heterocycles. The molecule has 0 saturated carbocycles. The van der Waals surface area contributed by atoms with Gasteiger partial charge in [0.25, 0.3) is 0 Å². The Morgan fingerprint density at radius 2 is 1.78 bits per heavy atom. The number of sulfonamides is 1. The highest BCUT2D eigenvalue weighted by Crippen LogP contribution is 2.26. The van der Waals surface area contributed by atoms with E-state index in [1.54, 1.807) is 48.5 Å². The smallest absolute Gasteiger partial charge is 0.248 e. The van der Waals surface area contributed by atoms with Crippen LogP contribution in [-0.2, 0) is 14.8 Å². The zero-order valence-corrected chi connectivity index (χ0v) is 16.6. The Morgan fingerprint density at radius 3 is 2.33 bits per heavy atom. The number of nitrogens with zero attached hydrogens (tertiary/aromatic N) is 1. The van der Waals surface area contributed by atoms with Gasteiger partial charge in [-0.25, -0.2) is 8.42 Å². The maximum Gasteiger partial charge on any atom is 0.248 e. The number of hydrogen-bond acceptors (Lipinski definition) is 5. The molecule has 27 heavy (non-hydrogen) atoms. The van der Waals surface area contributed by atoms with E-state index >= 15 is 0 Å². The van der Waals surface area contributed by atoms with Crippen LogP contribution in [0.25, 0.3) is 0 Å². The maximum atomic E-state index is 12.7. The molecule has 8 heteroatoms. The summed E-state index contributed by atoms with van der Waals surface area (Å²) >= 11 is 0. The summed E-state index contributed by atoms with van der Waals surface area (Å²) in [7, 11) is -2.20. The molecular formula is C19H24N2O5S. The SMILES string of the molecule is CCOc1ccc(N([C@H](C)C(=O)Nc2ccccc2OC)S(C)(=O)=O)cc1. The largest absolute Gasteiger partial charge is 0.495 e. The molecule has 0 heterocycles. The van der Waals surface area contributed by atoms with Crippen LogP contribution < -0.4 is 19.1 Å². The third-order valence-corrected chi connectivity index (χ3v) is 5.10. The average Bonchev–Trinajstić information content (AvgIpc) is 2.62. The number of rotatable bonds is 8. The Balaban J connectivity index is 2.29. The van der Waals surface area contributed by atoms with Gasteiger partial charge in [-0.05, 0) is 50.2 Å². The number of benzene rings is 2. The molecule has 2 aromatic carbocycles. The van der Waals surface area contributed by atoms with E-state index in [4.69, 9.17) is 9.47 Å². The normalized spacial score (nSPS) is 12.1. The van der Waals surface area contributed by atoms with E-state index in [0.29, 0.717) is 29.5 Å². The van der Waals surface area contributed by atoms with Gasteiger partial charge in [0.2, 0.25) is 15.9 Å². The second-order valence-electron chi connectivity index (χ2n) is 5.85. The predicted octanol–water partition coefficient (Wildman–Crippen LogP) is 2.89. The zero-order valence-electron chi connectivity index (χ0n) is 15.8. The fraction of sp³-hybridized carbons (Fsp3) is 0.316. The number of carbonyl (C=O) groups is 1. The van der Waals surface area contributed by atoms with Gasteiger partial charge >= 0.3 is 0 Å². The number of methoxy groups -OCH3 is 1. The second kappa shape index (κ2) is 8.77. The molecule has 146 valence electrons. The van der Waals surface area contributed by atoms with Gasteiger partial charge in [0.1, 0.15) is 17.5 Å². The Hall–Kier alpha value is -2.74. The van der Waals surface area contributed by atoms with Crippen LogP contribution in [0.4, 0.5) is 11.4 Å². The van der Waals surface area contributed by atoms with Gasteiger partial charge in [-0.3, -0.25) is 9.10 Å². The number of anilines is 2. The Kier molecular flexibility index (Phi) is 6.68. The highest BCUT2D eigenvalue weighted by molar-refractivity contribution is 7.92. The summed E-state index contributed by atoms with van der Waals surface area (Å²) in [5.41, 5.74) is 0.848. The Labute approximate surface area is 160 Å². The molecule has 1 atom stereocenters. The molecule has 7 nitrogen and oxygen atoms in total. The molecule has 0 fully saturated rings. The second-order valence-corrected chi connectivity index (χ2v) is 7.71. The van der Waals surface area contributed by atoms with E-state index in [2.05, 4.69) is 5.32 Å². The summed E-state index contributed by atoms with van der Waals surface area (Å²) in [6.07, 6.45) is 1.07. The zero-order chi connectivity index (χ0) is 20.0. The lowest BCUT2D eigenvalue weighted by molar-refractivity contribution is -0.116. The van der Waals surface area contributed by atoms with Crippen molar-refractivity contribution < 1.29 is 22.7 Å².